The molecule has 0 unspecified atom stereocenters. The van der Waals surface area contributed by atoms with E-state index >= 15 is 0 Å². The lowest BCUT2D eigenvalue weighted by Gasteiger charge is -2.32. The smallest absolute Gasteiger partial charge is 0.408 e. The summed E-state index contributed by atoms with van der Waals surface area (Å²) in [6.07, 6.45) is 1.30. The average molecular weight is 444 g/mol. The number of alkyl carbamates (subject to hydrolysis) is 1. The number of benzene rings is 3. The van der Waals surface area contributed by atoms with Crippen LogP contribution in [0, 0.1) is 0 Å². The second-order valence-electron chi connectivity index (χ2n) is 8.84. The van der Waals surface area contributed by atoms with Gasteiger partial charge in [0.15, 0.2) is 0 Å². The molecule has 3 aromatic rings. The zero-order chi connectivity index (χ0) is 23.0. The Morgan fingerprint density at radius 3 is 1.97 bits per heavy atom. The van der Waals surface area contributed by atoms with E-state index in [1.807, 2.05) is 60.7 Å². The largest absolute Gasteiger partial charge is 0.446 e. The molecular weight excluding hydrogens is 410 g/mol. The molecule has 5 heteroatoms. The van der Waals surface area contributed by atoms with Crippen LogP contribution in [-0.4, -0.2) is 44.3 Å². The van der Waals surface area contributed by atoms with E-state index in [1.165, 1.54) is 11.3 Å². The van der Waals surface area contributed by atoms with Gasteiger partial charge in [0.2, 0.25) is 0 Å². The molecule has 1 aliphatic rings. The zero-order valence-electron chi connectivity index (χ0n) is 19.5. The van der Waals surface area contributed by atoms with Crippen LogP contribution >= 0.6 is 0 Å². The highest BCUT2D eigenvalue weighted by Gasteiger charge is 2.24. The maximum absolute atomic E-state index is 12.8. The molecule has 1 saturated heterocycles. The number of nitrogens with one attached hydrogen (secondary N) is 1. The summed E-state index contributed by atoms with van der Waals surface area (Å²) in [6, 6.07) is 28.5. The van der Waals surface area contributed by atoms with Crippen molar-refractivity contribution in [2.24, 2.45) is 0 Å². The number of rotatable bonds is 7. The Morgan fingerprint density at radius 1 is 0.909 bits per heavy atom. The number of carbonyl (C=O) groups excluding carboxylic acids is 1. The summed E-state index contributed by atoms with van der Waals surface area (Å²) in [7, 11) is 4.11. The molecule has 1 aliphatic heterocycles. The number of nitrogens with zero attached hydrogens (tertiary/aromatic N) is 2. The van der Waals surface area contributed by atoms with Crippen LogP contribution in [0.5, 0.6) is 0 Å². The lowest BCUT2D eigenvalue weighted by molar-refractivity contribution is 0.0476. The predicted octanol–water partition coefficient (Wildman–Crippen LogP) is 5.23. The second kappa shape index (κ2) is 11.0. The van der Waals surface area contributed by atoms with Gasteiger partial charge in [-0.3, -0.25) is 4.90 Å². The molecule has 0 atom stereocenters. The highest BCUT2D eigenvalue weighted by atomic mass is 16.6. The van der Waals surface area contributed by atoms with E-state index in [9.17, 15) is 4.79 Å². The molecule has 0 aromatic heterocycles. The highest BCUT2D eigenvalue weighted by Crippen LogP contribution is 2.23. The van der Waals surface area contributed by atoms with Gasteiger partial charge in [0.1, 0.15) is 6.10 Å². The van der Waals surface area contributed by atoms with Gasteiger partial charge < -0.3 is 15.0 Å². The first-order chi connectivity index (χ1) is 16.1. The summed E-state index contributed by atoms with van der Waals surface area (Å²) in [5.41, 5.74) is 4.60. The number of ether oxygens (including phenoxy) is 1. The molecule has 0 radical (unpaired) electrons. The van der Waals surface area contributed by atoms with Gasteiger partial charge in [-0.2, -0.15) is 0 Å². The third kappa shape index (κ3) is 6.36. The van der Waals surface area contributed by atoms with Crippen molar-refractivity contribution in [3.63, 3.8) is 0 Å². The Kier molecular flexibility index (Phi) is 7.63. The summed E-state index contributed by atoms with van der Waals surface area (Å²) in [5.74, 6) is 0. The van der Waals surface area contributed by atoms with Gasteiger partial charge in [0.25, 0.3) is 0 Å². The van der Waals surface area contributed by atoms with Crippen LogP contribution in [0.1, 0.15) is 35.6 Å². The second-order valence-corrected chi connectivity index (χ2v) is 8.84. The number of hydrogen-bond acceptors (Lipinski definition) is 4. The van der Waals surface area contributed by atoms with Crippen molar-refractivity contribution in [2.45, 2.75) is 31.5 Å². The average Bonchev–Trinajstić information content (AvgIpc) is 2.85. The molecule has 1 fully saturated rings. The number of piperidine rings is 1. The van der Waals surface area contributed by atoms with Gasteiger partial charge >= 0.3 is 6.09 Å². The fraction of sp³-hybridized carbons (Fsp3) is 0.321. The molecule has 3 aromatic carbocycles. The Morgan fingerprint density at radius 2 is 1.45 bits per heavy atom. The van der Waals surface area contributed by atoms with Gasteiger partial charge in [0.05, 0.1) is 6.04 Å². The lowest BCUT2D eigenvalue weighted by atomic mass is 9.99. The van der Waals surface area contributed by atoms with E-state index < -0.39 is 0 Å². The molecule has 1 heterocycles. The van der Waals surface area contributed by atoms with E-state index in [0.29, 0.717) is 0 Å². The minimum absolute atomic E-state index is 0.0513. The predicted molar refractivity (Wildman–Crippen MR) is 133 cm³/mol. The van der Waals surface area contributed by atoms with Gasteiger partial charge in [-0.1, -0.05) is 72.8 Å². The molecular formula is C28H33N3O2. The maximum atomic E-state index is 12.8. The minimum atomic E-state index is -0.356. The van der Waals surface area contributed by atoms with Gasteiger partial charge in [-0.25, -0.2) is 4.79 Å². The van der Waals surface area contributed by atoms with Crippen molar-refractivity contribution in [3.05, 3.63) is 102 Å². The fourth-order valence-corrected chi connectivity index (χ4v) is 4.30. The summed E-state index contributed by atoms with van der Waals surface area (Å²) in [6.45, 7) is 2.78. The van der Waals surface area contributed by atoms with Crippen LogP contribution in [0.3, 0.4) is 0 Å². The molecule has 1 N–H and O–H groups in total. The summed E-state index contributed by atoms with van der Waals surface area (Å²) in [4.78, 5) is 17.3. The summed E-state index contributed by atoms with van der Waals surface area (Å²) < 4.78 is 5.82. The van der Waals surface area contributed by atoms with Gasteiger partial charge in [-0.15, -0.1) is 0 Å². The third-order valence-corrected chi connectivity index (χ3v) is 6.20. The number of hydrogen-bond donors (Lipinski definition) is 1. The molecule has 0 saturated carbocycles. The van der Waals surface area contributed by atoms with E-state index in [-0.39, 0.29) is 18.2 Å². The minimum Gasteiger partial charge on any atom is -0.446 e. The van der Waals surface area contributed by atoms with E-state index in [0.717, 1.165) is 43.6 Å². The van der Waals surface area contributed by atoms with Crippen molar-refractivity contribution in [1.29, 1.82) is 0 Å². The fourth-order valence-electron chi connectivity index (χ4n) is 4.30. The molecule has 4 rings (SSSR count). The quantitative estimate of drug-likeness (QED) is 0.543. The normalized spacial score (nSPS) is 14.8. The monoisotopic (exact) mass is 443 g/mol. The van der Waals surface area contributed by atoms with Crippen molar-refractivity contribution >= 4 is 11.8 Å². The van der Waals surface area contributed by atoms with E-state index in [4.69, 9.17) is 4.74 Å². The van der Waals surface area contributed by atoms with Crippen LogP contribution < -0.4 is 10.2 Å². The SMILES string of the molecule is CN(C)c1ccc(CN2CCC(OC(=O)NC(c3ccccc3)c3ccccc3)CC2)cc1. The Hall–Kier alpha value is -3.31. The van der Waals surface area contributed by atoms with Crippen LogP contribution in [-0.2, 0) is 11.3 Å². The van der Waals surface area contributed by atoms with Crippen molar-refractivity contribution in [3.8, 4) is 0 Å². The van der Waals surface area contributed by atoms with Crippen molar-refractivity contribution < 1.29 is 9.53 Å². The first kappa shape index (κ1) is 22.9. The van der Waals surface area contributed by atoms with Gasteiger partial charge in [0, 0.05) is 39.4 Å². The molecule has 172 valence electrons. The first-order valence-corrected chi connectivity index (χ1v) is 11.6. The highest BCUT2D eigenvalue weighted by molar-refractivity contribution is 5.69. The Labute approximate surface area is 197 Å². The molecule has 5 nitrogen and oxygen atoms in total. The van der Waals surface area contributed by atoms with Crippen LogP contribution in [0.15, 0.2) is 84.9 Å². The van der Waals surface area contributed by atoms with Crippen LogP contribution in [0.2, 0.25) is 0 Å². The molecule has 1 amide bonds. The lowest BCUT2D eigenvalue weighted by Crippen LogP contribution is -2.40. The number of amides is 1. The van der Waals surface area contributed by atoms with Gasteiger partial charge in [-0.05, 0) is 41.7 Å². The maximum Gasteiger partial charge on any atom is 0.408 e. The number of carbonyl (C=O) groups is 1. The summed E-state index contributed by atoms with van der Waals surface area (Å²) in [5, 5.41) is 3.08. The van der Waals surface area contributed by atoms with E-state index in [1.54, 1.807) is 0 Å². The number of anilines is 1. The van der Waals surface area contributed by atoms with Crippen LogP contribution in [0.4, 0.5) is 10.5 Å². The topological polar surface area (TPSA) is 44.8 Å². The Bertz CT molecular complexity index is 959. The molecule has 33 heavy (non-hydrogen) atoms. The molecule has 0 bridgehead atoms. The molecule has 0 aliphatic carbocycles. The molecule has 0 spiro atoms. The zero-order valence-corrected chi connectivity index (χ0v) is 19.5. The van der Waals surface area contributed by atoms with Crippen molar-refractivity contribution in [1.82, 2.24) is 10.2 Å². The third-order valence-electron chi connectivity index (χ3n) is 6.20. The van der Waals surface area contributed by atoms with Crippen LogP contribution in [0.25, 0.3) is 0 Å². The van der Waals surface area contributed by atoms with Crippen molar-refractivity contribution in [2.75, 3.05) is 32.1 Å². The Balaban J connectivity index is 1.29. The van der Waals surface area contributed by atoms with E-state index in [2.05, 4.69) is 53.5 Å². The summed E-state index contributed by atoms with van der Waals surface area (Å²) >= 11 is 0. The number of likely N-dealkylation sites (tertiary alicyclic amines) is 1. The first-order valence-electron chi connectivity index (χ1n) is 11.6. The standard InChI is InChI=1S/C28H33N3O2/c1-30(2)25-15-13-22(14-16-25)21-31-19-17-26(18-20-31)33-28(32)29-27(23-9-5-3-6-10-23)24-11-7-4-8-12-24/h3-16,26-27H,17-21H2,1-2H3,(H,29,32).